The Morgan fingerprint density at radius 3 is 1.79 bits per heavy atom. The Morgan fingerprint density at radius 1 is 0.929 bits per heavy atom. The fourth-order valence-corrected chi connectivity index (χ4v) is 1.50. The summed E-state index contributed by atoms with van der Waals surface area (Å²) in [5.41, 5.74) is 0. The Bertz CT molecular complexity index is 123. The lowest BCUT2D eigenvalue weighted by Gasteiger charge is -2.26. The Labute approximate surface area is 89.6 Å². The second-order valence-electron chi connectivity index (χ2n) is 3.96. The highest BCUT2D eigenvalue weighted by Crippen LogP contribution is 2.10. The Morgan fingerprint density at radius 2 is 1.43 bits per heavy atom. The van der Waals surface area contributed by atoms with Gasteiger partial charge in [-0.05, 0) is 32.9 Å². The smallest absolute Gasteiger partial charge is 0.0703 e. The minimum atomic E-state index is 0.407. The summed E-state index contributed by atoms with van der Waals surface area (Å²) in [5, 5.41) is 0. The van der Waals surface area contributed by atoms with E-state index in [2.05, 4.69) is 39.6 Å². The van der Waals surface area contributed by atoms with Crippen LogP contribution in [0.2, 0.25) is 0 Å². The average molecular weight is 201 g/mol. The number of likely N-dealkylation sites (N-methyl/N-ethyl adjacent to an activating group) is 1. The monoisotopic (exact) mass is 201 g/mol. The van der Waals surface area contributed by atoms with E-state index in [1.165, 1.54) is 0 Å². The molecular formula is C12H27NO. The molecule has 0 bridgehead atoms. The lowest BCUT2D eigenvalue weighted by atomic mass is 10.2. The molecule has 0 radical (unpaired) electrons. The van der Waals surface area contributed by atoms with Crippen molar-refractivity contribution in [2.45, 2.75) is 59.2 Å². The van der Waals surface area contributed by atoms with Crippen LogP contribution in [0.15, 0.2) is 0 Å². The number of nitrogens with zero attached hydrogens (tertiary/aromatic N) is 1. The molecule has 1 unspecified atom stereocenters. The minimum absolute atomic E-state index is 0.407. The second-order valence-corrected chi connectivity index (χ2v) is 3.96. The molecule has 2 heteroatoms. The van der Waals surface area contributed by atoms with Gasteiger partial charge in [0.25, 0.3) is 0 Å². The minimum Gasteiger partial charge on any atom is -0.374 e. The van der Waals surface area contributed by atoms with Crippen LogP contribution in [0.25, 0.3) is 0 Å². The quantitative estimate of drug-likeness (QED) is 0.598. The van der Waals surface area contributed by atoms with Crippen molar-refractivity contribution in [2.75, 3.05) is 20.1 Å². The van der Waals surface area contributed by atoms with Crippen molar-refractivity contribution >= 4 is 0 Å². The summed E-state index contributed by atoms with van der Waals surface area (Å²) in [5.74, 6) is 0. The van der Waals surface area contributed by atoms with Gasteiger partial charge in [0, 0.05) is 6.54 Å². The van der Waals surface area contributed by atoms with Crippen LogP contribution in [0.3, 0.4) is 0 Å². The predicted molar refractivity (Wildman–Crippen MR) is 62.7 cm³/mol. The summed E-state index contributed by atoms with van der Waals surface area (Å²) in [4.78, 5) is 2.32. The van der Waals surface area contributed by atoms with E-state index in [9.17, 15) is 0 Å². The SMILES string of the molecule is CCC(CC)OC(CC)CN(C)CC. The molecule has 0 fully saturated rings. The zero-order chi connectivity index (χ0) is 11.0. The van der Waals surface area contributed by atoms with Gasteiger partial charge in [-0.25, -0.2) is 0 Å². The van der Waals surface area contributed by atoms with Crippen LogP contribution in [0.5, 0.6) is 0 Å². The van der Waals surface area contributed by atoms with Crippen LogP contribution in [-0.2, 0) is 4.74 Å². The number of ether oxygens (including phenoxy) is 1. The second kappa shape index (κ2) is 8.25. The van der Waals surface area contributed by atoms with Crippen LogP contribution >= 0.6 is 0 Å². The van der Waals surface area contributed by atoms with E-state index in [-0.39, 0.29) is 0 Å². The number of rotatable bonds is 8. The third-order valence-corrected chi connectivity index (χ3v) is 2.81. The molecule has 0 aliphatic rings. The number of hydrogen-bond acceptors (Lipinski definition) is 2. The third kappa shape index (κ3) is 5.61. The van der Waals surface area contributed by atoms with Crippen molar-refractivity contribution in [3.63, 3.8) is 0 Å². The molecule has 86 valence electrons. The first-order valence-corrected chi connectivity index (χ1v) is 6.01. The summed E-state index contributed by atoms with van der Waals surface area (Å²) in [6.45, 7) is 10.9. The van der Waals surface area contributed by atoms with Gasteiger partial charge >= 0.3 is 0 Å². The van der Waals surface area contributed by atoms with Gasteiger partial charge < -0.3 is 9.64 Å². The molecule has 0 saturated carbocycles. The summed E-state index contributed by atoms with van der Waals surface area (Å²) >= 11 is 0. The van der Waals surface area contributed by atoms with Crippen LogP contribution in [-0.4, -0.2) is 37.2 Å². The van der Waals surface area contributed by atoms with Gasteiger partial charge in [0.2, 0.25) is 0 Å². The van der Waals surface area contributed by atoms with Gasteiger partial charge in [-0.15, -0.1) is 0 Å². The van der Waals surface area contributed by atoms with Gasteiger partial charge in [-0.2, -0.15) is 0 Å². The van der Waals surface area contributed by atoms with Crippen molar-refractivity contribution < 1.29 is 4.74 Å². The first-order chi connectivity index (χ1) is 6.67. The number of hydrogen-bond donors (Lipinski definition) is 0. The molecule has 1 atom stereocenters. The lowest BCUT2D eigenvalue weighted by molar-refractivity contribution is -0.0298. The summed E-state index contributed by atoms with van der Waals surface area (Å²) in [7, 11) is 2.15. The van der Waals surface area contributed by atoms with Crippen molar-refractivity contribution in [1.29, 1.82) is 0 Å². The molecule has 0 aromatic heterocycles. The molecule has 2 nitrogen and oxygen atoms in total. The molecule has 0 aromatic carbocycles. The summed E-state index contributed by atoms with van der Waals surface area (Å²) in [6, 6.07) is 0. The summed E-state index contributed by atoms with van der Waals surface area (Å²) in [6.07, 6.45) is 4.22. The Hall–Kier alpha value is -0.0800. The zero-order valence-electron chi connectivity index (χ0n) is 10.5. The molecule has 0 rings (SSSR count). The lowest BCUT2D eigenvalue weighted by Crippen LogP contribution is -2.33. The van der Waals surface area contributed by atoms with E-state index in [0.717, 1.165) is 32.4 Å². The topological polar surface area (TPSA) is 12.5 Å². The maximum atomic E-state index is 6.03. The van der Waals surface area contributed by atoms with E-state index < -0.39 is 0 Å². The van der Waals surface area contributed by atoms with Gasteiger partial charge in [-0.1, -0.05) is 27.7 Å². The maximum absolute atomic E-state index is 6.03. The molecule has 0 amide bonds. The molecule has 0 aliphatic heterocycles. The highest BCUT2D eigenvalue weighted by Gasteiger charge is 2.13. The van der Waals surface area contributed by atoms with Crippen molar-refractivity contribution in [1.82, 2.24) is 4.90 Å². The highest BCUT2D eigenvalue weighted by molar-refractivity contribution is 4.64. The fraction of sp³-hybridized carbons (Fsp3) is 1.00. The molecule has 0 saturated heterocycles. The van der Waals surface area contributed by atoms with E-state index >= 15 is 0 Å². The Kier molecular flexibility index (Phi) is 8.20. The summed E-state index contributed by atoms with van der Waals surface area (Å²) < 4.78 is 6.03. The van der Waals surface area contributed by atoms with Crippen molar-refractivity contribution in [2.24, 2.45) is 0 Å². The van der Waals surface area contributed by atoms with Crippen molar-refractivity contribution in [3.05, 3.63) is 0 Å². The van der Waals surface area contributed by atoms with E-state index in [4.69, 9.17) is 4.74 Å². The van der Waals surface area contributed by atoms with Crippen LogP contribution < -0.4 is 0 Å². The first kappa shape index (κ1) is 13.9. The normalized spacial score (nSPS) is 13.9. The van der Waals surface area contributed by atoms with Gasteiger partial charge in [0.05, 0.1) is 12.2 Å². The predicted octanol–water partition coefficient (Wildman–Crippen LogP) is 2.92. The fourth-order valence-electron chi connectivity index (χ4n) is 1.50. The zero-order valence-corrected chi connectivity index (χ0v) is 10.5. The standard InChI is InChI=1S/C12H27NO/c1-6-11(7-2)14-12(8-3)10-13(5)9-4/h11-12H,6-10H2,1-5H3. The molecule has 0 heterocycles. The highest BCUT2D eigenvalue weighted by atomic mass is 16.5. The maximum Gasteiger partial charge on any atom is 0.0703 e. The van der Waals surface area contributed by atoms with Crippen LogP contribution in [0, 0.1) is 0 Å². The van der Waals surface area contributed by atoms with Gasteiger partial charge in [0.1, 0.15) is 0 Å². The van der Waals surface area contributed by atoms with Gasteiger partial charge in [0.15, 0.2) is 0 Å². The van der Waals surface area contributed by atoms with E-state index in [1.807, 2.05) is 0 Å². The van der Waals surface area contributed by atoms with Gasteiger partial charge in [-0.3, -0.25) is 0 Å². The average Bonchev–Trinajstić information content (AvgIpc) is 2.23. The van der Waals surface area contributed by atoms with Crippen molar-refractivity contribution in [3.8, 4) is 0 Å². The van der Waals surface area contributed by atoms with Crippen LogP contribution in [0.1, 0.15) is 47.0 Å². The van der Waals surface area contributed by atoms with E-state index in [1.54, 1.807) is 0 Å². The third-order valence-electron chi connectivity index (χ3n) is 2.81. The van der Waals surface area contributed by atoms with Crippen LogP contribution in [0.4, 0.5) is 0 Å². The molecule has 14 heavy (non-hydrogen) atoms. The van der Waals surface area contributed by atoms with E-state index in [0.29, 0.717) is 12.2 Å². The Balaban J connectivity index is 3.88. The molecule has 0 aliphatic carbocycles. The molecular weight excluding hydrogens is 174 g/mol. The largest absolute Gasteiger partial charge is 0.374 e. The molecule has 0 spiro atoms. The molecule has 0 aromatic rings. The first-order valence-electron chi connectivity index (χ1n) is 6.01. The molecule has 0 N–H and O–H groups in total.